The van der Waals surface area contributed by atoms with Gasteiger partial charge in [-0.15, -0.1) is 0 Å². The van der Waals surface area contributed by atoms with Crippen LogP contribution in [-0.2, 0) is 9.59 Å². The van der Waals surface area contributed by atoms with Crippen LogP contribution in [0.2, 0.25) is 0 Å². The predicted molar refractivity (Wildman–Crippen MR) is 82.3 cm³/mol. The summed E-state index contributed by atoms with van der Waals surface area (Å²) >= 11 is 0. The van der Waals surface area contributed by atoms with Crippen LogP contribution >= 0.6 is 0 Å². The minimum absolute atomic E-state index is 0.0399. The molecule has 0 saturated carbocycles. The van der Waals surface area contributed by atoms with Gasteiger partial charge in [0.1, 0.15) is 0 Å². The summed E-state index contributed by atoms with van der Waals surface area (Å²) in [6.07, 6.45) is 0.201. The van der Waals surface area contributed by atoms with Crippen molar-refractivity contribution in [3.8, 4) is 0 Å². The van der Waals surface area contributed by atoms with Crippen LogP contribution in [0.1, 0.15) is 17.9 Å². The smallest absolute Gasteiger partial charge is 0.232 e. The molecule has 4 heteroatoms. The number of para-hydroxylation sites is 2. The topological polar surface area (TPSA) is 49.4 Å². The number of nitrogens with zero attached hydrogens (tertiary/aromatic N) is 1. The second kappa shape index (κ2) is 5.40. The molecule has 2 aromatic rings. The lowest BCUT2D eigenvalue weighted by atomic mass is 9.89. The Labute approximate surface area is 123 Å². The minimum Gasteiger partial charge on any atom is -0.326 e. The molecule has 0 aliphatic carbocycles. The lowest BCUT2D eigenvalue weighted by molar-refractivity contribution is -0.124. The number of amides is 2. The maximum Gasteiger partial charge on any atom is 0.232 e. The summed E-state index contributed by atoms with van der Waals surface area (Å²) in [6, 6.07) is 16.8. The average Bonchev–Trinajstić information content (AvgIpc) is 2.52. The van der Waals surface area contributed by atoms with Gasteiger partial charge >= 0.3 is 0 Å². The van der Waals surface area contributed by atoms with Gasteiger partial charge < -0.3 is 10.2 Å². The van der Waals surface area contributed by atoms with Crippen molar-refractivity contribution in [1.82, 2.24) is 0 Å². The SMILES string of the molecule is CN1C(=O)C[C@@H](C(=O)Nc2ccccc2)c2ccccc21. The Morgan fingerprint density at radius 2 is 1.76 bits per heavy atom. The number of benzene rings is 2. The summed E-state index contributed by atoms with van der Waals surface area (Å²) in [7, 11) is 1.74. The van der Waals surface area contributed by atoms with Gasteiger partial charge in [0.15, 0.2) is 0 Å². The molecule has 0 unspecified atom stereocenters. The zero-order valence-electron chi connectivity index (χ0n) is 11.7. The maximum absolute atomic E-state index is 12.5. The van der Waals surface area contributed by atoms with Gasteiger partial charge in [0.2, 0.25) is 11.8 Å². The molecule has 21 heavy (non-hydrogen) atoms. The standard InChI is InChI=1S/C17H16N2O2/c1-19-15-10-6-5-9-13(15)14(11-16(19)20)17(21)18-12-7-3-2-4-8-12/h2-10,14H,11H2,1H3,(H,18,21)/t14-/m1/s1. The van der Waals surface area contributed by atoms with Gasteiger partial charge in [-0.1, -0.05) is 36.4 Å². The van der Waals surface area contributed by atoms with Crippen molar-refractivity contribution in [2.24, 2.45) is 0 Å². The highest BCUT2D eigenvalue weighted by molar-refractivity contribution is 6.05. The average molecular weight is 280 g/mol. The Balaban J connectivity index is 1.90. The van der Waals surface area contributed by atoms with E-state index in [4.69, 9.17) is 0 Å². The predicted octanol–water partition coefficient (Wildman–Crippen LogP) is 2.78. The van der Waals surface area contributed by atoms with E-state index in [1.807, 2.05) is 54.6 Å². The molecule has 1 heterocycles. The molecule has 2 aromatic carbocycles. The Hall–Kier alpha value is -2.62. The van der Waals surface area contributed by atoms with E-state index in [2.05, 4.69) is 5.32 Å². The van der Waals surface area contributed by atoms with Crippen molar-refractivity contribution in [2.45, 2.75) is 12.3 Å². The van der Waals surface area contributed by atoms with E-state index >= 15 is 0 Å². The molecule has 0 spiro atoms. The summed E-state index contributed by atoms with van der Waals surface area (Å²) in [5.41, 5.74) is 2.45. The van der Waals surface area contributed by atoms with Gasteiger partial charge in [-0.05, 0) is 23.8 Å². The Morgan fingerprint density at radius 1 is 1.10 bits per heavy atom. The Bertz CT molecular complexity index is 682. The minimum atomic E-state index is -0.440. The number of rotatable bonds is 2. The second-order valence-electron chi connectivity index (χ2n) is 5.12. The van der Waals surface area contributed by atoms with E-state index in [0.29, 0.717) is 0 Å². The van der Waals surface area contributed by atoms with Gasteiger partial charge in [-0.25, -0.2) is 0 Å². The maximum atomic E-state index is 12.5. The van der Waals surface area contributed by atoms with Crippen LogP contribution in [0.25, 0.3) is 0 Å². The monoisotopic (exact) mass is 280 g/mol. The lowest BCUT2D eigenvalue weighted by Gasteiger charge is -2.30. The van der Waals surface area contributed by atoms with E-state index in [9.17, 15) is 9.59 Å². The number of anilines is 2. The molecule has 0 saturated heterocycles. The van der Waals surface area contributed by atoms with Gasteiger partial charge in [0, 0.05) is 24.8 Å². The molecule has 1 atom stereocenters. The van der Waals surface area contributed by atoms with Gasteiger partial charge in [-0.3, -0.25) is 9.59 Å². The molecule has 3 rings (SSSR count). The van der Waals surface area contributed by atoms with Crippen molar-refractivity contribution in [3.05, 3.63) is 60.2 Å². The third-order valence-electron chi connectivity index (χ3n) is 3.78. The number of fused-ring (bicyclic) bond motifs is 1. The van der Waals surface area contributed by atoms with Crippen LogP contribution in [-0.4, -0.2) is 18.9 Å². The van der Waals surface area contributed by atoms with Crippen LogP contribution in [0.5, 0.6) is 0 Å². The highest BCUT2D eigenvalue weighted by Crippen LogP contribution is 2.35. The highest BCUT2D eigenvalue weighted by atomic mass is 16.2. The van der Waals surface area contributed by atoms with E-state index in [0.717, 1.165) is 16.9 Å². The fourth-order valence-electron chi connectivity index (χ4n) is 2.63. The van der Waals surface area contributed by atoms with Crippen molar-refractivity contribution in [1.29, 1.82) is 0 Å². The fraction of sp³-hybridized carbons (Fsp3) is 0.176. The first kappa shape index (κ1) is 13.4. The fourth-order valence-corrected chi connectivity index (χ4v) is 2.63. The Kier molecular flexibility index (Phi) is 3.44. The van der Waals surface area contributed by atoms with Gasteiger partial charge in [0.25, 0.3) is 0 Å². The number of nitrogens with one attached hydrogen (secondary N) is 1. The van der Waals surface area contributed by atoms with Crippen molar-refractivity contribution in [2.75, 3.05) is 17.3 Å². The van der Waals surface area contributed by atoms with Crippen LogP contribution in [0.4, 0.5) is 11.4 Å². The molecule has 106 valence electrons. The van der Waals surface area contributed by atoms with E-state index < -0.39 is 5.92 Å². The normalized spacial score (nSPS) is 17.3. The molecule has 0 bridgehead atoms. The Morgan fingerprint density at radius 3 is 2.52 bits per heavy atom. The largest absolute Gasteiger partial charge is 0.326 e. The first-order valence-corrected chi connectivity index (χ1v) is 6.88. The number of carbonyl (C=O) groups is 2. The zero-order valence-corrected chi connectivity index (χ0v) is 11.7. The highest BCUT2D eigenvalue weighted by Gasteiger charge is 2.33. The molecular weight excluding hydrogens is 264 g/mol. The van der Waals surface area contributed by atoms with Crippen molar-refractivity contribution < 1.29 is 9.59 Å². The van der Waals surface area contributed by atoms with Crippen molar-refractivity contribution in [3.63, 3.8) is 0 Å². The number of hydrogen-bond acceptors (Lipinski definition) is 2. The third kappa shape index (κ3) is 2.52. The van der Waals surface area contributed by atoms with Gasteiger partial charge in [-0.2, -0.15) is 0 Å². The van der Waals surface area contributed by atoms with Gasteiger partial charge in [0.05, 0.1) is 5.92 Å². The number of carbonyl (C=O) groups excluding carboxylic acids is 2. The molecule has 0 aromatic heterocycles. The third-order valence-corrected chi connectivity index (χ3v) is 3.78. The molecular formula is C17H16N2O2. The molecule has 0 radical (unpaired) electrons. The summed E-state index contributed by atoms with van der Waals surface area (Å²) in [6.45, 7) is 0. The first-order valence-electron chi connectivity index (χ1n) is 6.88. The quantitative estimate of drug-likeness (QED) is 0.919. The summed E-state index contributed by atoms with van der Waals surface area (Å²) in [5, 5.41) is 2.88. The van der Waals surface area contributed by atoms with Crippen LogP contribution in [0.3, 0.4) is 0 Å². The van der Waals surface area contributed by atoms with E-state index in [1.54, 1.807) is 11.9 Å². The lowest BCUT2D eigenvalue weighted by Crippen LogP contribution is -2.37. The van der Waals surface area contributed by atoms with Crippen LogP contribution < -0.4 is 10.2 Å². The van der Waals surface area contributed by atoms with E-state index in [1.165, 1.54) is 0 Å². The zero-order chi connectivity index (χ0) is 14.8. The van der Waals surface area contributed by atoms with E-state index in [-0.39, 0.29) is 18.2 Å². The molecule has 1 aliphatic rings. The molecule has 1 aliphatic heterocycles. The second-order valence-corrected chi connectivity index (χ2v) is 5.12. The molecule has 1 N–H and O–H groups in total. The van der Waals surface area contributed by atoms with Crippen LogP contribution in [0, 0.1) is 0 Å². The molecule has 4 nitrogen and oxygen atoms in total. The summed E-state index contributed by atoms with van der Waals surface area (Å²) in [4.78, 5) is 26.2. The number of hydrogen-bond donors (Lipinski definition) is 1. The molecule has 2 amide bonds. The van der Waals surface area contributed by atoms with Crippen LogP contribution in [0.15, 0.2) is 54.6 Å². The summed E-state index contributed by atoms with van der Waals surface area (Å²) < 4.78 is 0. The van der Waals surface area contributed by atoms with Crippen molar-refractivity contribution >= 4 is 23.2 Å². The molecule has 0 fully saturated rings. The first-order chi connectivity index (χ1) is 10.2. The summed E-state index contributed by atoms with van der Waals surface area (Å²) in [5.74, 6) is -0.623.